The largest absolute Gasteiger partial charge is 0.325 e. The molecular weight excluding hydrogens is 184 g/mol. The van der Waals surface area contributed by atoms with Crippen molar-refractivity contribution in [1.82, 2.24) is 5.32 Å². The quantitative estimate of drug-likeness (QED) is 0.735. The van der Waals surface area contributed by atoms with E-state index in [4.69, 9.17) is 5.73 Å². The molecule has 2 nitrogen and oxygen atoms in total. The van der Waals surface area contributed by atoms with Crippen LogP contribution in [0.3, 0.4) is 0 Å². The number of rotatable bonds is 5. The molecule has 90 valence electrons. The summed E-state index contributed by atoms with van der Waals surface area (Å²) in [5.41, 5.74) is 6.76. The van der Waals surface area contributed by atoms with Gasteiger partial charge in [-0.2, -0.15) is 0 Å². The zero-order valence-corrected chi connectivity index (χ0v) is 11.1. The predicted octanol–water partition coefficient (Wildman–Crippen LogP) is 2.53. The van der Waals surface area contributed by atoms with Gasteiger partial charge >= 0.3 is 0 Å². The van der Waals surface area contributed by atoms with Crippen molar-refractivity contribution in [3.8, 4) is 0 Å². The van der Waals surface area contributed by atoms with Gasteiger partial charge in [-0.15, -0.1) is 0 Å². The molecular formula is C13H28N2. The Balaban J connectivity index is 2.30. The van der Waals surface area contributed by atoms with E-state index >= 15 is 0 Å². The summed E-state index contributed by atoms with van der Waals surface area (Å²) < 4.78 is 0. The molecule has 1 aliphatic carbocycles. The van der Waals surface area contributed by atoms with Crippen LogP contribution in [0.2, 0.25) is 0 Å². The number of nitrogens with two attached hydrogens (primary N) is 1. The van der Waals surface area contributed by atoms with Crippen molar-refractivity contribution in [2.24, 2.45) is 16.6 Å². The van der Waals surface area contributed by atoms with E-state index in [9.17, 15) is 0 Å². The van der Waals surface area contributed by atoms with Gasteiger partial charge in [-0.1, -0.05) is 27.2 Å². The van der Waals surface area contributed by atoms with Crippen LogP contribution in [0.4, 0.5) is 0 Å². The van der Waals surface area contributed by atoms with Crippen LogP contribution in [0.5, 0.6) is 0 Å². The van der Waals surface area contributed by atoms with Crippen LogP contribution < -0.4 is 11.1 Å². The highest BCUT2D eigenvalue weighted by Crippen LogP contribution is 2.39. The fourth-order valence-corrected chi connectivity index (χ4v) is 1.86. The van der Waals surface area contributed by atoms with Crippen molar-refractivity contribution >= 4 is 0 Å². The van der Waals surface area contributed by atoms with Crippen LogP contribution in [-0.2, 0) is 0 Å². The Hall–Kier alpha value is -0.0800. The Morgan fingerprint density at radius 1 is 1.20 bits per heavy atom. The maximum Gasteiger partial charge on any atom is 0.0161 e. The number of hydrogen-bond donors (Lipinski definition) is 2. The van der Waals surface area contributed by atoms with E-state index in [1.54, 1.807) is 0 Å². The van der Waals surface area contributed by atoms with Gasteiger partial charge in [-0.3, -0.25) is 0 Å². The van der Waals surface area contributed by atoms with Crippen LogP contribution >= 0.6 is 0 Å². The maximum atomic E-state index is 6.17. The summed E-state index contributed by atoms with van der Waals surface area (Å²) in [6, 6.07) is 0. The molecule has 0 aliphatic heterocycles. The lowest BCUT2D eigenvalue weighted by molar-refractivity contribution is 0.134. The lowest BCUT2D eigenvalue weighted by Gasteiger charge is -2.42. The predicted molar refractivity (Wildman–Crippen MR) is 66.9 cm³/mol. The standard InChI is InChI=1S/C13H28N2/c1-11(2,12(3,4)14)9-15-10-13(5)7-6-8-13/h15H,6-10,14H2,1-5H3. The molecule has 1 saturated carbocycles. The topological polar surface area (TPSA) is 38.0 Å². The van der Waals surface area contributed by atoms with Gasteiger partial charge < -0.3 is 11.1 Å². The first-order valence-electron chi connectivity index (χ1n) is 6.16. The second-order valence-electron chi connectivity index (χ2n) is 6.87. The van der Waals surface area contributed by atoms with Gasteiger partial charge in [0.1, 0.15) is 0 Å². The number of nitrogens with one attached hydrogen (secondary N) is 1. The highest BCUT2D eigenvalue weighted by atomic mass is 14.9. The normalized spacial score (nSPS) is 21.2. The summed E-state index contributed by atoms with van der Waals surface area (Å²) in [5, 5.41) is 3.59. The lowest BCUT2D eigenvalue weighted by Crippen LogP contribution is -2.53. The second-order valence-corrected chi connectivity index (χ2v) is 6.87. The summed E-state index contributed by atoms with van der Waals surface area (Å²) in [6.07, 6.45) is 4.17. The molecule has 0 aromatic carbocycles. The van der Waals surface area contributed by atoms with Crippen molar-refractivity contribution in [2.75, 3.05) is 13.1 Å². The zero-order valence-electron chi connectivity index (χ0n) is 11.1. The average molecular weight is 212 g/mol. The number of hydrogen-bond acceptors (Lipinski definition) is 2. The highest BCUT2D eigenvalue weighted by molar-refractivity contribution is 4.93. The molecule has 2 heteroatoms. The molecule has 0 spiro atoms. The fraction of sp³-hybridized carbons (Fsp3) is 1.00. The molecule has 0 aromatic rings. The van der Waals surface area contributed by atoms with Gasteiger partial charge in [-0.05, 0) is 37.5 Å². The van der Waals surface area contributed by atoms with Gasteiger partial charge in [-0.25, -0.2) is 0 Å². The third-order valence-corrected chi connectivity index (χ3v) is 4.42. The Labute approximate surface area is 95.0 Å². The molecule has 0 bridgehead atoms. The molecule has 0 radical (unpaired) electrons. The van der Waals surface area contributed by atoms with Crippen molar-refractivity contribution < 1.29 is 0 Å². The molecule has 0 atom stereocenters. The molecule has 1 rings (SSSR count). The van der Waals surface area contributed by atoms with E-state index < -0.39 is 0 Å². The molecule has 1 fully saturated rings. The van der Waals surface area contributed by atoms with Crippen LogP contribution in [0.25, 0.3) is 0 Å². The van der Waals surface area contributed by atoms with Crippen molar-refractivity contribution in [1.29, 1.82) is 0 Å². The smallest absolute Gasteiger partial charge is 0.0161 e. The Kier molecular flexibility index (Phi) is 3.52. The monoisotopic (exact) mass is 212 g/mol. The first kappa shape index (κ1) is 13.0. The fourth-order valence-electron chi connectivity index (χ4n) is 1.86. The average Bonchev–Trinajstić information content (AvgIpc) is 1.98. The van der Waals surface area contributed by atoms with E-state index in [2.05, 4.69) is 39.9 Å². The minimum absolute atomic E-state index is 0.124. The first-order chi connectivity index (χ1) is 6.66. The van der Waals surface area contributed by atoms with Crippen LogP contribution in [-0.4, -0.2) is 18.6 Å². The summed E-state index contributed by atoms with van der Waals surface area (Å²) >= 11 is 0. The molecule has 0 heterocycles. The van der Waals surface area contributed by atoms with E-state index in [1.807, 2.05) is 0 Å². The highest BCUT2D eigenvalue weighted by Gasteiger charge is 2.35. The van der Waals surface area contributed by atoms with Crippen LogP contribution in [0.15, 0.2) is 0 Å². The van der Waals surface area contributed by atoms with Gasteiger partial charge in [0.05, 0.1) is 0 Å². The van der Waals surface area contributed by atoms with Gasteiger partial charge in [0.2, 0.25) is 0 Å². The van der Waals surface area contributed by atoms with Crippen molar-refractivity contribution in [3.05, 3.63) is 0 Å². The summed E-state index contributed by atoms with van der Waals surface area (Å²) in [5.74, 6) is 0. The summed E-state index contributed by atoms with van der Waals surface area (Å²) in [4.78, 5) is 0. The first-order valence-corrected chi connectivity index (χ1v) is 6.16. The van der Waals surface area contributed by atoms with E-state index in [0.29, 0.717) is 5.41 Å². The van der Waals surface area contributed by atoms with E-state index in [-0.39, 0.29) is 11.0 Å². The van der Waals surface area contributed by atoms with Crippen LogP contribution in [0, 0.1) is 10.8 Å². The molecule has 1 aliphatic rings. The molecule has 0 amide bonds. The van der Waals surface area contributed by atoms with Crippen LogP contribution in [0.1, 0.15) is 53.9 Å². The molecule has 3 N–H and O–H groups in total. The maximum absolute atomic E-state index is 6.17. The van der Waals surface area contributed by atoms with Gasteiger partial charge in [0.25, 0.3) is 0 Å². The van der Waals surface area contributed by atoms with Gasteiger partial charge in [0.15, 0.2) is 0 Å². The SMILES string of the molecule is CC1(CNCC(C)(C)C(C)(C)N)CCC1. The minimum Gasteiger partial charge on any atom is -0.325 e. The van der Waals surface area contributed by atoms with Gasteiger partial charge in [0, 0.05) is 18.6 Å². The minimum atomic E-state index is -0.124. The van der Waals surface area contributed by atoms with Crippen molar-refractivity contribution in [2.45, 2.75) is 59.4 Å². The lowest BCUT2D eigenvalue weighted by atomic mass is 9.70. The zero-order chi connectivity index (χ0) is 11.7. The third-order valence-electron chi connectivity index (χ3n) is 4.42. The molecule has 0 aromatic heterocycles. The Morgan fingerprint density at radius 3 is 2.07 bits per heavy atom. The van der Waals surface area contributed by atoms with E-state index in [1.165, 1.54) is 19.3 Å². The summed E-state index contributed by atoms with van der Waals surface area (Å²) in [6.45, 7) is 13.2. The Morgan fingerprint density at radius 2 is 1.73 bits per heavy atom. The third kappa shape index (κ3) is 3.18. The molecule has 0 saturated heterocycles. The second kappa shape index (κ2) is 4.06. The summed E-state index contributed by atoms with van der Waals surface area (Å²) in [7, 11) is 0. The molecule has 15 heavy (non-hydrogen) atoms. The van der Waals surface area contributed by atoms with E-state index in [0.717, 1.165) is 13.1 Å². The Bertz CT molecular complexity index is 209. The van der Waals surface area contributed by atoms with Crippen molar-refractivity contribution in [3.63, 3.8) is 0 Å². The molecule has 0 unspecified atom stereocenters.